The third-order valence-electron chi connectivity index (χ3n) is 4.12. The first-order valence-electron chi connectivity index (χ1n) is 8.30. The van der Waals surface area contributed by atoms with Crippen molar-refractivity contribution in [3.63, 3.8) is 0 Å². The second-order valence-electron chi connectivity index (χ2n) is 6.02. The molecular weight excluding hydrogens is 361 g/mol. The van der Waals surface area contributed by atoms with E-state index >= 15 is 0 Å². The Morgan fingerprint density at radius 1 is 0.963 bits per heavy atom. The molecular formula is C19H17F3N2O3. The Morgan fingerprint density at radius 2 is 1.63 bits per heavy atom. The standard InChI is InChI=1S/C19H17F3N2O3/c20-19(21,22)15-5-1-3-13(11-15)17(25)23-16-6-2-4-14(12-16)18(26)24-7-9-27-10-8-24/h1-6,11-12H,7-10H2,(H,23,25). The van der Waals surface area contributed by atoms with E-state index in [1.165, 1.54) is 18.2 Å². The molecule has 8 heteroatoms. The van der Waals surface area contributed by atoms with E-state index in [0.717, 1.165) is 12.1 Å². The van der Waals surface area contributed by atoms with Gasteiger partial charge >= 0.3 is 6.18 Å². The lowest BCUT2D eigenvalue weighted by atomic mass is 10.1. The van der Waals surface area contributed by atoms with Crippen molar-refractivity contribution in [2.24, 2.45) is 0 Å². The number of carbonyl (C=O) groups is 2. The van der Waals surface area contributed by atoms with Gasteiger partial charge in [-0.05, 0) is 36.4 Å². The summed E-state index contributed by atoms with van der Waals surface area (Å²) >= 11 is 0. The van der Waals surface area contributed by atoms with Crippen LogP contribution in [0.15, 0.2) is 48.5 Å². The van der Waals surface area contributed by atoms with E-state index in [1.54, 1.807) is 23.1 Å². The molecule has 1 heterocycles. The zero-order chi connectivity index (χ0) is 19.4. The van der Waals surface area contributed by atoms with Crippen LogP contribution in [0.4, 0.5) is 18.9 Å². The van der Waals surface area contributed by atoms with Crippen molar-refractivity contribution in [2.75, 3.05) is 31.6 Å². The van der Waals surface area contributed by atoms with E-state index in [2.05, 4.69) is 5.32 Å². The summed E-state index contributed by atoms with van der Waals surface area (Å²) in [5.41, 5.74) is -0.295. The molecule has 0 atom stereocenters. The average molecular weight is 378 g/mol. The van der Waals surface area contributed by atoms with Gasteiger partial charge in [-0.1, -0.05) is 12.1 Å². The molecule has 0 saturated carbocycles. The third kappa shape index (κ3) is 4.65. The van der Waals surface area contributed by atoms with Gasteiger partial charge in [-0.15, -0.1) is 0 Å². The number of amides is 2. The fourth-order valence-electron chi connectivity index (χ4n) is 2.72. The highest BCUT2D eigenvalue weighted by atomic mass is 19.4. The quantitative estimate of drug-likeness (QED) is 0.890. The monoisotopic (exact) mass is 378 g/mol. The maximum atomic E-state index is 12.8. The van der Waals surface area contributed by atoms with E-state index in [-0.39, 0.29) is 11.5 Å². The second kappa shape index (κ2) is 7.79. The average Bonchev–Trinajstić information content (AvgIpc) is 2.68. The second-order valence-corrected chi connectivity index (χ2v) is 6.02. The van der Waals surface area contributed by atoms with E-state index in [9.17, 15) is 22.8 Å². The zero-order valence-corrected chi connectivity index (χ0v) is 14.3. The van der Waals surface area contributed by atoms with Crippen molar-refractivity contribution in [3.05, 3.63) is 65.2 Å². The molecule has 142 valence electrons. The van der Waals surface area contributed by atoms with Gasteiger partial charge in [0, 0.05) is 29.9 Å². The summed E-state index contributed by atoms with van der Waals surface area (Å²) in [6, 6.07) is 10.5. The van der Waals surface area contributed by atoms with E-state index in [0.29, 0.717) is 37.6 Å². The largest absolute Gasteiger partial charge is 0.416 e. The predicted molar refractivity (Wildman–Crippen MR) is 92.6 cm³/mol. The first-order chi connectivity index (χ1) is 12.8. The van der Waals surface area contributed by atoms with Crippen LogP contribution in [0, 0.1) is 0 Å². The Balaban J connectivity index is 1.74. The summed E-state index contributed by atoms with van der Waals surface area (Å²) in [5.74, 6) is -0.870. The Hall–Kier alpha value is -2.87. The lowest BCUT2D eigenvalue weighted by molar-refractivity contribution is -0.137. The minimum absolute atomic E-state index is 0.116. The number of hydrogen-bond donors (Lipinski definition) is 1. The molecule has 0 radical (unpaired) electrons. The third-order valence-corrected chi connectivity index (χ3v) is 4.12. The molecule has 3 rings (SSSR count). The van der Waals surface area contributed by atoms with Gasteiger partial charge in [-0.25, -0.2) is 0 Å². The van der Waals surface area contributed by atoms with Crippen LogP contribution in [0.25, 0.3) is 0 Å². The molecule has 1 saturated heterocycles. The number of nitrogens with zero attached hydrogens (tertiary/aromatic N) is 1. The SMILES string of the molecule is O=C(Nc1cccc(C(=O)N2CCOCC2)c1)c1cccc(C(F)(F)F)c1. The Morgan fingerprint density at radius 3 is 2.33 bits per heavy atom. The molecule has 0 unspecified atom stereocenters. The number of halogens is 3. The molecule has 1 aliphatic rings. The van der Waals surface area contributed by atoms with Gasteiger partial charge < -0.3 is 15.0 Å². The lowest BCUT2D eigenvalue weighted by Crippen LogP contribution is -2.40. The maximum Gasteiger partial charge on any atom is 0.416 e. The van der Waals surface area contributed by atoms with Crippen molar-refractivity contribution in [2.45, 2.75) is 6.18 Å². The number of carbonyl (C=O) groups excluding carboxylic acids is 2. The number of ether oxygens (including phenoxy) is 1. The molecule has 2 aromatic carbocycles. The van der Waals surface area contributed by atoms with Gasteiger partial charge in [0.2, 0.25) is 0 Å². The fourth-order valence-corrected chi connectivity index (χ4v) is 2.72. The molecule has 2 amide bonds. The summed E-state index contributed by atoms with van der Waals surface area (Å²) in [7, 11) is 0. The smallest absolute Gasteiger partial charge is 0.378 e. The maximum absolute atomic E-state index is 12.8. The Bertz CT molecular complexity index is 846. The number of anilines is 1. The van der Waals surface area contributed by atoms with Crippen LogP contribution >= 0.6 is 0 Å². The van der Waals surface area contributed by atoms with Crippen molar-refractivity contribution in [1.29, 1.82) is 0 Å². The minimum Gasteiger partial charge on any atom is -0.378 e. The molecule has 5 nitrogen and oxygen atoms in total. The van der Waals surface area contributed by atoms with Crippen molar-refractivity contribution < 1.29 is 27.5 Å². The highest BCUT2D eigenvalue weighted by Crippen LogP contribution is 2.29. The highest BCUT2D eigenvalue weighted by Gasteiger charge is 2.31. The molecule has 0 bridgehead atoms. The minimum atomic E-state index is -4.53. The summed E-state index contributed by atoms with van der Waals surface area (Å²) in [6.45, 7) is 1.91. The van der Waals surface area contributed by atoms with Gasteiger partial charge in [0.25, 0.3) is 11.8 Å². The molecule has 2 aromatic rings. The van der Waals surface area contributed by atoms with Crippen LogP contribution in [-0.4, -0.2) is 43.0 Å². The van der Waals surface area contributed by atoms with E-state index < -0.39 is 17.6 Å². The van der Waals surface area contributed by atoms with Gasteiger partial charge in [-0.2, -0.15) is 13.2 Å². The molecule has 0 aromatic heterocycles. The van der Waals surface area contributed by atoms with Crippen molar-refractivity contribution in [3.8, 4) is 0 Å². The predicted octanol–water partition coefficient (Wildman–Crippen LogP) is 3.43. The number of hydrogen-bond acceptors (Lipinski definition) is 3. The van der Waals surface area contributed by atoms with Crippen LogP contribution in [0.5, 0.6) is 0 Å². The van der Waals surface area contributed by atoms with Gasteiger partial charge in [0.1, 0.15) is 0 Å². The molecule has 1 fully saturated rings. The van der Waals surface area contributed by atoms with Gasteiger partial charge in [0.15, 0.2) is 0 Å². The number of alkyl halides is 3. The first kappa shape index (κ1) is 18.9. The summed E-state index contributed by atoms with van der Waals surface area (Å²) in [5, 5.41) is 2.53. The fraction of sp³-hybridized carbons (Fsp3) is 0.263. The highest BCUT2D eigenvalue weighted by molar-refractivity contribution is 6.05. The summed E-state index contributed by atoms with van der Waals surface area (Å²) in [6.07, 6.45) is -4.53. The van der Waals surface area contributed by atoms with Gasteiger partial charge in [0.05, 0.1) is 18.8 Å². The zero-order valence-electron chi connectivity index (χ0n) is 14.3. The number of rotatable bonds is 3. The van der Waals surface area contributed by atoms with E-state index in [1.807, 2.05) is 0 Å². The van der Waals surface area contributed by atoms with Gasteiger partial charge in [-0.3, -0.25) is 9.59 Å². The van der Waals surface area contributed by atoms with E-state index in [4.69, 9.17) is 4.74 Å². The van der Waals surface area contributed by atoms with Crippen LogP contribution in [0.1, 0.15) is 26.3 Å². The normalized spacial score (nSPS) is 14.7. The Labute approximate surface area is 153 Å². The van der Waals surface area contributed by atoms with Crippen LogP contribution < -0.4 is 5.32 Å². The van der Waals surface area contributed by atoms with Crippen molar-refractivity contribution >= 4 is 17.5 Å². The Kier molecular flexibility index (Phi) is 5.46. The molecule has 0 spiro atoms. The number of morpholine rings is 1. The topological polar surface area (TPSA) is 58.6 Å². The summed E-state index contributed by atoms with van der Waals surface area (Å²) in [4.78, 5) is 26.4. The first-order valence-corrected chi connectivity index (χ1v) is 8.30. The van der Waals surface area contributed by atoms with Crippen LogP contribution in [-0.2, 0) is 10.9 Å². The number of nitrogens with one attached hydrogen (secondary N) is 1. The molecule has 27 heavy (non-hydrogen) atoms. The number of benzene rings is 2. The van der Waals surface area contributed by atoms with Crippen molar-refractivity contribution in [1.82, 2.24) is 4.90 Å². The molecule has 1 aliphatic heterocycles. The molecule has 0 aliphatic carbocycles. The summed E-state index contributed by atoms with van der Waals surface area (Å²) < 4.78 is 43.6. The lowest BCUT2D eigenvalue weighted by Gasteiger charge is -2.27. The van der Waals surface area contributed by atoms with Crippen LogP contribution in [0.3, 0.4) is 0 Å². The molecule has 1 N–H and O–H groups in total. The van der Waals surface area contributed by atoms with Crippen LogP contribution in [0.2, 0.25) is 0 Å².